The summed E-state index contributed by atoms with van der Waals surface area (Å²) in [6.07, 6.45) is 0. The number of benzene rings is 2. The summed E-state index contributed by atoms with van der Waals surface area (Å²) < 4.78 is 22.2. The van der Waals surface area contributed by atoms with Crippen molar-refractivity contribution in [3.63, 3.8) is 0 Å². The van der Waals surface area contributed by atoms with E-state index in [1.165, 1.54) is 13.2 Å². The number of rotatable bonds is 8. The van der Waals surface area contributed by atoms with Gasteiger partial charge >= 0.3 is 0 Å². The summed E-state index contributed by atoms with van der Waals surface area (Å²) in [4.78, 5) is 24.0. The summed E-state index contributed by atoms with van der Waals surface area (Å²) in [6, 6.07) is 11.5. The maximum Gasteiger partial charge on any atom is 0.237 e. The first-order valence-corrected chi connectivity index (χ1v) is 9.70. The van der Waals surface area contributed by atoms with Crippen LogP contribution in [0, 0.1) is 0 Å². The fourth-order valence-corrected chi connectivity index (χ4v) is 3.18. The maximum atomic E-state index is 12.1. The van der Waals surface area contributed by atoms with Gasteiger partial charge < -0.3 is 20.1 Å². The molecular weight excluding hydrogens is 392 g/mol. The minimum atomic E-state index is -1.67. The molecule has 2 aromatic rings. The van der Waals surface area contributed by atoms with Crippen LogP contribution in [0.15, 0.2) is 42.5 Å². The summed E-state index contributed by atoms with van der Waals surface area (Å²) in [7, 11) is 1.33. The van der Waals surface area contributed by atoms with E-state index in [0.29, 0.717) is 27.9 Å². The molecule has 0 heterocycles. The Morgan fingerprint density at radius 1 is 0.963 bits per heavy atom. The molecule has 9 heteroatoms. The Hall–Kier alpha value is -2.58. The number of anilines is 2. The normalized spacial score (nSPS) is 11.4. The first kappa shape index (κ1) is 20.7. The van der Waals surface area contributed by atoms with Crippen molar-refractivity contribution in [1.82, 2.24) is 0 Å². The Morgan fingerprint density at radius 3 is 2.19 bits per heavy atom. The second kappa shape index (κ2) is 9.94. The van der Waals surface area contributed by atoms with Crippen molar-refractivity contribution in [3.05, 3.63) is 47.5 Å². The number of methoxy groups -OCH3 is 2. The predicted octanol–water partition coefficient (Wildman–Crippen LogP) is 2.68. The van der Waals surface area contributed by atoms with E-state index in [9.17, 15) is 13.8 Å². The van der Waals surface area contributed by atoms with Crippen LogP contribution >= 0.6 is 11.6 Å². The maximum absolute atomic E-state index is 12.1. The molecule has 0 aliphatic heterocycles. The zero-order valence-corrected chi connectivity index (χ0v) is 16.4. The highest BCUT2D eigenvalue weighted by Crippen LogP contribution is 2.27. The third kappa shape index (κ3) is 6.58. The molecule has 1 atom stereocenters. The van der Waals surface area contributed by atoms with Gasteiger partial charge in [-0.15, -0.1) is 0 Å². The van der Waals surface area contributed by atoms with Crippen LogP contribution in [-0.2, 0) is 20.4 Å². The van der Waals surface area contributed by atoms with Crippen molar-refractivity contribution < 1.29 is 23.3 Å². The fourth-order valence-electron chi connectivity index (χ4n) is 2.18. The van der Waals surface area contributed by atoms with Crippen molar-refractivity contribution in [1.29, 1.82) is 0 Å². The predicted molar refractivity (Wildman–Crippen MR) is 106 cm³/mol. The van der Waals surface area contributed by atoms with Gasteiger partial charge in [0.1, 0.15) is 23.0 Å². The quantitative estimate of drug-likeness (QED) is 0.697. The first-order valence-electron chi connectivity index (χ1n) is 7.83. The van der Waals surface area contributed by atoms with Crippen LogP contribution in [0.25, 0.3) is 0 Å². The van der Waals surface area contributed by atoms with Crippen LogP contribution in [0.5, 0.6) is 11.5 Å². The number of ether oxygens (including phenoxy) is 2. The molecule has 0 unspecified atom stereocenters. The molecule has 0 spiro atoms. The Bertz CT molecular complexity index is 842. The Labute approximate surface area is 164 Å². The van der Waals surface area contributed by atoms with Gasteiger partial charge in [-0.1, -0.05) is 11.6 Å². The summed E-state index contributed by atoms with van der Waals surface area (Å²) in [5.74, 6) is -0.504. The molecule has 7 nitrogen and oxygen atoms in total. The largest absolute Gasteiger partial charge is 0.497 e. The molecule has 2 rings (SSSR count). The first-order chi connectivity index (χ1) is 12.9. The number of halogens is 1. The van der Waals surface area contributed by atoms with Crippen molar-refractivity contribution >= 4 is 45.6 Å². The van der Waals surface area contributed by atoms with E-state index in [0.717, 1.165) is 0 Å². The van der Waals surface area contributed by atoms with Gasteiger partial charge in [-0.2, -0.15) is 0 Å². The second-order valence-electron chi connectivity index (χ2n) is 5.40. The number of nitrogens with one attached hydrogen (secondary N) is 2. The van der Waals surface area contributed by atoms with Gasteiger partial charge in [0.2, 0.25) is 11.8 Å². The molecule has 0 aromatic heterocycles. The van der Waals surface area contributed by atoms with Crippen LogP contribution in [0.2, 0.25) is 5.02 Å². The topological polar surface area (TPSA) is 93.7 Å². The van der Waals surface area contributed by atoms with E-state index in [4.69, 9.17) is 21.1 Å². The highest BCUT2D eigenvalue weighted by molar-refractivity contribution is 7.86. The molecule has 2 aromatic carbocycles. The van der Waals surface area contributed by atoms with Gasteiger partial charge in [-0.05, 0) is 42.5 Å². The fraction of sp³-hybridized carbons (Fsp3) is 0.222. The molecular formula is C18H19ClN2O5S. The van der Waals surface area contributed by atoms with Crippen LogP contribution < -0.4 is 20.1 Å². The zero-order chi connectivity index (χ0) is 19.8. The summed E-state index contributed by atoms with van der Waals surface area (Å²) in [5.41, 5.74) is 0.917. The second-order valence-corrected chi connectivity index (χ2v) is 7.29. The Morgan fingerprint density at radius 2 is 1.59 bits per heavy atom. The monoisotopic (exact) mass is 410 g/mol. The average Bonchev–Trinajstić information content (AvgIpc) is 2.62. The number of hydrogen-bond donors (Lipinski definition) is 2. The van der Waals surface area contributed by atoms with E-state index >= 15 is 0 Å². The van der Waals surface area contributed by atoms with Gasteiger partial charge in [-0.3, -0.25) is 13.8 Å². The van der Waals surface area contributed by atoms with Crippen molar-refractivity contribution in [2.45, 2.75) is 0 Å². The summed E-state index contributed by atoms with van der Waals surface area (Å²) >= 11 is 5.90. The van der Waals surface area contributed by atoms with Gasteiger partial charge in [0.05, 0.1) is 19.9 Å². The van der Waals surface area contributed by atoms with Crippen LogP contribution in [0.3, 0.4) is 0 Å². The smallest absolute Gasteiger partial charge is 0.237 e. The number of carbonyl (C=O) groups excluding carboxylic acids is 2. The minimum Gasteiger partial charge on any atom is -0.497 e. The number of carbonyl (C=O) groups is 2. The van der Waals surface area contributed by atoms with Gasteiger partial charge in [0.25, 0.3) is 0 Å². The molecule has 27 heavy (non-hydrogen) atoms. The van der Waals surface area contributed by atoms with Gasteiger partial charge in [-0.25, -0.2) is 0 Å². The molecule has 2 amide bonds. The van der Waals surface area contributed by atoms with E-state index in [2.05, 4.69) is 10.6 Å². The van der Waals surface area contributed by atoms with Gasteiger partial charge in [0, 0.05) is 21.5 Å². The summed E-state index contributed by atoms with van der Waals surface area (Å²) in [6.45, 7) is 0. The molecule has 0 saturated heterocycles. The third-order valence-corrected chi connectivity index (χ3v) is 4.80. The van der Waals surface area contributed by atoms with E-state index < -0.39 is 22.6 Å². The van der Waals surface area contributed by atoms with Crippen molar-refractivity contribution in [3.8, 4) is 11.5 Å². The highest BCUT2D eigenvalue weighted by atomic mass is 35.5. The molecule has 0 bridgehead atoms. The van der Waals surface area contributed by atoms with E-state index in [-0.39, 0.29) is 11.5 Å². The summed E-state index contributed by atoms with van der Waals surface area (Å²) in [5, 5.41) is 5.62. The molecule has 0 aliphatic rings. The lowest BCUT2D eigenvalue weighted by atomic mass is 10.3. The lowest BCUT2D eigenvalue weighted by Gasteiger charge is -2.10. The molecule has 144 valence electrons. The van der Waals surface area contributed by atoms with Crippen LogP contribution in [-0.4, -0.2) is 41.7 Å². The lowest BCUT2D eigenvalue weighted by Crippen LogP contribution is -2.26. The number of amides is 2. The number of hydrogen-bond acceptors (Lipinski definition) is 5. The molecule has 0 fully saturated rings. The molecule has 2 N–H and O–H groups in total. The molecule has 0 aliphatic carbocycles. The van der Waals surface area contributed by atoms with Crippen molar-refractivity contribution in [2.24, 2.45) is 0 Å². The molecule has 0 radical (unpaired) electrons. The van der Waals surface area contributed by atoms with E-state index in [1.807, 2.05) is 0 Å². The van der Waals surface area contributed by atoms with Crippen molar-refractivity contribution in [2.75, 3.05) is 36.4 Å². The van der Waals surface area contributed by atoms with Crippen LogP contribution in [0.1, 0.15) is 0 Å². The molecule has 0 saturated carbocycles. The van der Waals surface area contributed by atoms with Gasteiger partial charge in [0.15, 0.2) is 0 Å². The standard InChI is InChI=1S/C18H19ClN2O5S/c1-25-14-6-4-13(5-7-14)20-17(22)10-27(24)11-18(23)21-15-9-12(19)3-8-16(15)26-2/h3-9H,10-11H2,1-2H3,(H,20,22)(H,21,23)/t27-/m0/s1. The highest BCUT2D eigenvalue weighted by Gasteiger charge is 2.15. The van der Waals surface area contributed by atoms with Crippen LogP contribution in [0.4, 0.5) is 11.4 Å². The average molecular weight is 411 g/mol. The Kier molecular flexibility index (Phi) is 7.63. The van der Waals surface area contributed by atoms with E-state index in [1.54, 1.807) is 43.5 Å². The third-order valence-electron chi connectivity index (χ3n) is 3.39. The minimum absolute atomic E-state index is 0.299. The Balaban J connectivity index is 1.86. The lowest BCUT2D eigenvalue weighted by molar-refractivity contribution is -0.114. The zero-order valence-electron chi connectivity index (χ0n) is 14.8. The SMILES string of the molecule is COc1ccc(NC(=O)C[S@](=O)CC(=O)Nc2cc(Cl)ccc2OC)cc1.